The van der Waals surface area contributed by atoms with Gasteiger partial charge in [0, 0.05) is 12.6 Å². The summed E-state index contributed by atoms with van der Waals surface area (Å²) in [7, 11) is 1.41. The Bertz CT molecular complexity index is 446. The molecule has 7 heteroatoms. The van der Waals surface area contributed by atoms with Crippen molar-refractivity contribution in [3.63, 3.8) is 0 Å². The Kier molecular flexibility index (Phi) is 4.05. The van der Waals surface area contributed by atoms with Gasteiger partial charge >= 0.3 is 6.18 Å². The summed E-state index contributed by atoms with van der Waals surface area (Å²) < 4.78 is 41.8. The molecule has 0 saturated heterocycles. The lowest BCUT2D eigenvalue weighted by Crippen LogP contribution is -2.31. The van der Waals surface area contributed by atoms with Gasteiger partial charge in [-0.2, -0.15) is 13.2 Å². The molecule has 1 aromatic rings. The lowest BCUT2D eigenvalue weighted by molar-refractivity contribution is -0.189. The second-order valence-electron chi connectivity index (χ2n) is 3.63. The van der Waals surface area contributed by atoms with Crippen molar-refractivity contribution in [2.45, 2.75) is 19.2 Å². The van der Waals surface area contributed by atoms with Gasteiger partial charge in [-0.05, 0) is 25.1 Å². The van der Waals surface area contributed by atoms with Crippen LogP contribution in [0.2, 0.25) is 0 Å². The zero-order valence-corrected chi connectivity index (χ0v) is 9.84. The SMILES string of the molecule is CNC(=O)c1ccc(N)c(OC(C)C(F)(F)F)c1. The Balaban J connectivity index is 2.98. The average molecular weight is 262 g/mol. The van der Waals surface area contributed by atoms with Gasteiger partial charge in [-0.15, -0.1) is 0 Å². The maximum absolute atomic E-state index is 12.3. The number of nitrogens with one attached hydrogen (secondary N) is 1. The summed E-state index contributed by atoms with van der Waals surface area (Å²) in [5.74, 6) is -0.597. The molecule has 0 heterocycles. The van der Waals surface area contributed by atoms with E-state index in [9.17, 15) is 18.0 Å². The lowest BCUT2D eigenvalue weighted by Gasteiger charge is -2.19. The topological polar surface area (TPSA) is 64.4 Å². The molecule has 3 N–H and O–H groups in total. The Morgan fingerprint density at radius 1 is 1.44 bits per heavy atom. The number of rotatable bonds is 3. The normalized spacial score (nSPS) is 12.9. The van der Waals surface area contributed by atoms with Gasteiger partial charge in [0.25, 0.3) is 5.91 Å². The zero-order chi connectivity index (χ0) is 13.9. The standard InChI is InChI=1S/C11H13F3N2O2/c1-6(11(12,13)14)18-9-5-7(10(17)16-2)3-4-8(9)15/h3-6H,15H2,1-2H3,(H,16,17). The highest BCUT2D eigenvalue weighted by atomic mass is 19.4. The number of anilines is 1. The quantitative estimate of drug-likeness (QED) is 0.818. The van der Waals surface area contributed by atoms with Crippen LogP contribution in [-0.2, 0) is 0 Å². The van der Waals surface area contributed by atoms with Crippen LogP contribution in [0.25, 0.3) is 0 Å². The third kappa shape index (κ3) is 3.28. The van der Waals surface area contributed by atoms with E-state index < -0.39 is 18.2 Å². The monoisotopic (exact) mass is 262 g/mol. The number of carbonyl (C=O) groups is 1. The van der Waals surface area contributed by atoms with E-state index in [1.54, 1.807) is 0 Å². The van der Waals surface area contributed by atoms with Gasteiger partial charge in [0.15, 0.2) is 6.10 Å². The van der Waals surface area contributed by atoms with E-state index in [4.69, 9.17) is 10.5 Å². The molecule has 100 valence electrons. The summed E-state index contributed by atoms with van der Waals surface area (Å²) >= 11 is 0. The van der Waals surface area contributed by atoms with Gasteiger partial charge in [0.05, 0.1) is 5.69 Å². The van der Waals surface area contributed by atoms with Crippen molar-refractivity contribution in [2.24, 2.45) is 0 Å². The maximum atomic E-state index is 12.3. The van der Waals surface area contributed by atoms with Crippen LogP contribution in [0.5, 0.6) is 5.75 Å². The van der Waals surface area contributed by atoms with E-state index in [2.05, 4.69) is 5.32 Å². The van der Waals surface area contributed by atoms with Crippen molar-refractivity contribution in [3.8, 4) is 5.75 Å². The van der Waals surface area contributed by atoms with E-state index in [0.717, 1.165) is 6.92 Å². The first-order valence-electron chi connectivity index (χ1n) is 5.10. The second kappa shape index (κ2) is 5.16. The van der Waals surface area contributed by atoms with Crippen molar-refractivity contribution in [1.82, 2.24) is 5.32 Å². The summed E-state index contributed by atoms with van der Waals surface area (Å²) in [6, 6.07) is 3.90. The van der Waals surface area contributed by atoms with Crippen LogP contribution in [0.15, 0.2) is 18.2 Å². The predicted octanol–water partition coefficient (Wildman–Crippen LogP) is 1.96. The molecule has 4 nitrogen and oxygen atoms in total. The Labute approximate surface area is 102 Å². The summed E-state index contributed by atoms with van der Waals surface area (Å²) in [5.41, 5.74) is 5.72. The van der Waals surface area contributed by atoms with E-state index in [-0.39, 0.29) is 17.0 Å². The largest absolute Gasteiger partial charge is 0.479 e. The highest BCUT2D eigenvalue weighted by molar-refractivity contribution is 5.95. The van der Waals surface area contributed by atoms with Gasteiger partial charge in [-0.3, -0.25) is 4.79 Å². The maximum Gasteiger partial charge on any atom is 0.425 e. The molecule has 0 radical (unpaired) electrons. The lowest BCUT2D eigenvalue weighted by atomic mass is 10.2. The van der Waals surface area contributed by atoms with E-state index in [0.29, 0.717) is 0 Å². The van der Waals surface area contributed by atoms with Crippen molar-refractivity contribution < 1.29 is 22.7 Å². The molecule has 0 fully saturated rings. The van der Waals surface area contributed by atoms with Gasteiger partial charge in [-0.1, -0.05) is 0 Å². The minimum Gasteiger partial charge on any atom is -0.479 e. The molecule has 0 saturated carbocycles. The van der Waals surface area contributed by atoms with Crippen LogP contribution in [0, 0.1) is 0 Å². The minimum absolute atomic E-state index is 0.0405. The molecule has 0 aliphatic rings. The molecule has 1 aromatic carbocycles. The number of alkyl halides is 3. The predicted molar refractivity (Wildman–Crippen MR) is 60.4 cm³/mol. The molecule has 0 spiro atoms. The summed E-state index contributed by atoms with van der Waals surface area (Å²) in [6.07, 6.45) is -6.49. The van der Waals surface area contributed by atoms with E-state index in [1.165, 1.54) is 25.2 Å². The number of benzene rings is 1. The van der Waals surface area contributed by atoms with Crippen molar-refractivity contribution in [3.05, 3.63) is 23.8 Å². The average Bonchev–Trinajstić information content (AvgIpc) is 2.29. The molecule has 1 amide bonds. The van der Waals surface area contributed by atoms with E-state index in [1.807, 2.05) is 0 Å². The minimum atomic E-state index is -4.49. The van der Waals surface area contributed by atoms with E-state index >= 15 is 0 Å². The molecule has 0 aromatic heterocycles. The van der Waals surface area contributed by atoms with Crippen LogP contribution in [-0.4, -0.2) is 25.2 Å². The Morgan fingerprint density at radius 2 is 2.06 bits per heavy atom. The molecule has 0 aliphatic heterocycles. The number of hydrogen-bond acceptors (Lipinski definition) is 3. The number of carbonyl (C=O) groups excluding carboxylic acids is 1. The Morgan fingerprint density at radius 3 is 2.56 bits per heavy atom. The molecule has 0 aliphatic carbocycles. The number of nitrogen functional groups attached to an aromatic ring is 1. The van der Waals surface area contributed by atoms with Gasteiger partial charge in [0.2, 0.25) is 0 Å². The van der Waals surface area contributed by atoms with Gasteiger partial charge in [0.1, 0.15) is 5.75 Å². The highest BCUT2D eigenvalue weighted by Crippen LogP contribution is 2.29. The number of hydrogen-bond donors (Lipinski definition) is 2. The van der Waals surface area contributed by atoms with Crippen LogP contribution in [0.4, 0.5) is 18.9 Å². The summed E-state index contributed by atoms with van der Waals surface area (Å²) in [4.78, 5) is 11.3. The molecule has 1 rings (SSSR count). The fourth-order valence-electron chi connectivity index (χ4n) is 1.18. The van der Waals surface area contributed by atoms with Crippen molar-refractivity contribution >= 4 is 11.6 Å². The third-order valence-electron chi connectivity index (χ3n) is 2.27. The summed E-state index contributed by atoms with van der Waals surface area (Å²) in [6.45, 7) is 0.867. The molecular weight excluding hydrogens is 249 g/mol. The molecule has 1 unspecified atom stereocenters. The Hall–Kier alpha value is -1.92. The molecule has 1 atom stereocenters. The summed E-state index contributed by atoms with van der Waals surface area (Å²) in [5, 5.41) is 2.35. The van der Waals surface area contributed by atoms with Gasteiger partial charge in [-0.25, -0.2) is 0 Å². The number of nitrogens with two attached hydrogens (primary N) is 1. The zero-order valence-electron chi connectivity index (χ0n) is 9.84. The fraction of sp³-hybridized carbons (Fsp3) is 0.364. The first kappa shape index (κ1) is 14.1. The number of ether oxygens (including phenoxy) is 1. The van der Waals surface area contributed by atoms with Crippen LogP contribution in [0.3, 0.4) is 0 Å². The molecular formula is C11H13F3N2O2. The highest BCUT2D eigenvalue weighted by Gasteiger charge is 2.38. The molecule has 18 heavy (non-hydrogen) atoms. The fourth-order valence-corrected chi connectivity index (χ4v) is 1.18. The molecule has 0 bridgehead atoms. The smallest absolute Gasteiger partial charge is 0.425 e. The van der Waals surface area contributed by atoms with Crippen LogP contribution < -0.4 is 15.8 Å². The first-order valence-corrected chi connectivity index (χ1v) is 5.10. The van der Waals surface area contributed by atoms with Crippen molar-refractivity contribution in [2.75, 3.05) is 12.8 Å². The van der Waals surface area contributed by atoms with Crippen molar-refractivity contribution in [1.29, 1.82) is 0 Å². The first-order chi connectivity index (χ1) is 8.25. The number of amides is 1. The second-order valence-corrected chi connectivity index (χ2v) is 3.63. The van der Waals surface area contributed by atoms with Crippen LogP contribution >= 0.6 is 0 Å². The van der Waals surface area contributed by atoms with Gasteiger partial charge < -0.3 is 15.8 Å². The number of halogens is 3. The third-order valence-corrected chi connectivity index (χ3v) is 2.27. The van der Waals surface area contributed by atoms with Crippen LogP contribution in [0.1, 0.15) is 17.3 Å².